The second kappa shape index (κ2) is 4.87. The number of amides is 2. The molecule has 5 heteroatoms. The predicted molar refractivity (Wildman–Crippen MR) is 84.6 cm³/mol. The SMILES string of the molecule is CC1c2ccccc2CN1C(=O)Nc1cn(C)nc1C1CC1. The summed E-state index contributed by atoms with van der Waals surface area (Å²) in [6.45, 7) is 2.75. The van der Waals surface area contributed by atoms with E-state index < -0.39 is 0 Å². The Morgan fingerprint density at radius 1 is 1.32 bits per heavy atom. The standard InChI is InChI=1S/C17H20N4O/c1-11-14-6-4-3-5-13(14)9-21(11)17(22)18-15-10-20(2)19-16(15)12-7-8-12/h3-6,10-12H,7-9H2,1-2H3,(H,18,22). The lowest BCUT2D eigenvalue weighted by molar-refractivity contribution is 0.199. The van der Waals surface area contributed by atoms with E-state index in [1.165, 1.54) is 24.0 Å². The van der Waals surface area contributed by atoms with Gasteiger partial charge in [0.25, 0.3) is 0 Å². The van der Waals surface area contributed by atoms with Gasteiger partial charge in [-0.3, -0.25) is 4.68 Å². The van der Waals surface area contributed by atoms with Crippen molar-refractivity contribution < 1.29 is 4.79 Å². The number of nitrogens with one attached hydrogen (secondary N) is 1. The van der Waals surface area contributed by atoms with Gasteiger partial charge in [-0.05, 0) is 30.9 Å². The highest BCUT2D eigenvalue weighted by atomic mass is 16.2. The van der Waals surface area contributed by atoms with Crippen LogP contribution in [0.1, 0.15) is 48.5 Å². The molecule has 0 bridgehead atoms. The van der Waals surface area contributed by atoms with Crippen LogP contribution in [-0.2, 0) is 13.6 Å². The van der Waals surface area contributed by atoms with E-state index in [1.807, 2.05) is 30.3 Å². The number of hydrogen-bond acceptors (Lipinski definition) is 2. The first kappa shape index (κ1) is 13.4. The number of aromatic nitrogens is 2. The maximum atomic E-state index is 12.7. The number of benzene rings is 1. The molecule has 5 nitrogen and oxygen atoms in total. The zero-order valence-corrected chi connectivity index (χ0v) is 12.9. The topological polar surface area (TPSA) is 50.2 Å². The fourth-order valence-corrected chi connectivity index (χ4v) is 3.27. The highest BCUT2D eigenvalue weighted by Gasteiger charge is 2.33. The number of rotatable bonds is 2. The van der Waals surface area contributed by atoms with Crippen molar-refractivity contribution in [2.24, 2.45) is 7.05 Å². The van der Waals surface area contributed by atoms with Crippen molar-refractivity contribution in [3.05, 3.63) is 47.3 Å². The molecule has 22 heavy (non-hydrogen) atoms. The fourth-order valence-electron chi connectivity index (χ4n) is 3.27. The van der Waals surface area contributed by atoms with Crippen LogP contribution in [0.25, 0.3) is 0 Å². The zero-order valence-electron chi connectivity index (χ0n) is 12.9. The molecule has 2 amide bonds. The van der Waals surface area contributed by atoms with E-state index in [-0.39, 0.29) is 12.1 Å². The normalized spacial score (nSPS) is 20.1. The molecular formula is C17H20N4O. The first-order valence-electron chi connectivity index (χ1n) is 7.82. The summed E-state index contributed by atoms with van der Waals surface area (Å²) in [5.74, 6) is 0.518. The van der Waals surface area contributed by atoms with Crippen molar-refractivity contribution >= 4 is 11.7 Å². The summed E-state index contributed by atoms with van der Waals surface area (Å²) in [4.78, 5) is 14.6. The van der Waals surface area contributed by atoms with Crippen LogP contribution in [0.4, 0.5) is 10.5 Å². The second-order valence-electron chi connectivity index (χ2n) is 6.31. The van der Waals surface area contributed by atoms with Gasteiger partial charge in [-0.25, -0.2) is 4.79 Å². The van der Waals surface area contributed by atoms with Crippen LogP contribution in [0.5, 0.6) is 0 Å². The molecule has 1 N–H and O–H groups in total. The van der Waals surface area contributed by atoms with Crippen LogP contribution in [0, 0.1) is 0 Å². The van der Waals surface area contributed by atoms with Crippen molar-refractivity contribution in [3.8, 4) is 0 Å². The van der Waals surface area contributed by atoms with Gasteiger partial charge in [0.2, 0.25) is 0 Å². The van der Waals surface area contributed by atoms with Crippen LogP contribution in [0.3, 0.4) is 0 Å². The predicted octanol–water partition coefficient (Wildman–Crippen LogP) is 3.41. The van der Waals surface area contributed by atoms with Crippen molar-refractivity contribution in [1.29, 1.82) is 0 Å². The third-order valence-corrected chi connectivity index (χ3v) is 4.64. The number of nitrogens with zero attached hydrogens (tertiary/aromatic N) is 3. The Hall–Kier alpha value is -2.30. The number of fused-ring (bicyclic) bond motifs is 1. The lowest BCUT2D eigenvalue weighted by Crippen LogP contribution is -2.32. The number of carbonyl (C=O) groups excluding carboxylic acids is 1. The molecule has 2 aromatic rings. The Morgan fingerprint density at radius 3 is 2.82 bits per heavy atom. The molecule has 2 aliphatic rings. The average Bonchev–Trinajstić information content (AvgIpc) is 3.21. The lowest BCUT2D eigenvalue weighted by atomic mass is 10.1. The highest BCUT2D eigenvalue weighted by molar-refractivity contribution is 5.90. The monoisotopic (exact) mass is 296 g/mol. The first-order valence-corrected chi connectivity index (χ1v) is 7.82. The third kappa shape index (κ3) is 2.17. The zero-order chi connectivity index (χ0) is 15.3. The molecular weight excluding hydrogens is 276 g/mol. The summed E-state index contributed by atoms with van der Waals surface area (Å²) >= 11 is 0. The molecule has 0 saturated heterocycles. The fraction of sp³-hybridized carbons (Fsp3) is 0.412. The molecule has 1 aliphatic heterocycles. The van der Waals surface area contributed by atoms with Crippen molar-refractivity contribution in [2.75, 3.05) is 5.32 Å². The largest absolute Gasteiger partial charge is 0.322 e. The smallest absolute Gasteiger partial charge is 0.313 e. The number of carbonyl (C=O) groups is 1. The Morgan fingerprint density at radius 2 is 2.09 bits per heavy atom. The van der Waals surface area contributed by atoms with Gasteiger partial charge in [0, 0.05) is 25.7 Å². The van der Waals surface area contributed by atoms with E-state index in [0.29, 0.717) is 12.5 Å². The van der Waals surface area contributed by atoms with Crippen LogP contribution in [0.15, 0.2) is 30.5 Å². The minimum absolute atomic E-state index is 0.0430. The summed E-state index contributed by atoms with van der Waals surface area (Å²) in [5.41, 5.74) is 4.36. The summed E-state index contributed by atoms with van der Waals surface area (Å²) in [6, 6.07) is 8.32. The molecule has 0 radical (unpaired) electrons. The molecule has 1 fully saturated rings. The van der Waals surface area contributed by atoms with E-state index in [4.69, 9.17) is 0 Å². The molecule has 114 valence electrons. The maximum absolute atomic E-state index is 12.7. The van der Waals surface area contributed by atoms with Crippen LogP contribution < -0.4 is 5.32 Å². The van der Waals surface area contributed by atoms with E-state index in [0.717, 1.165) is 11.4 Å². The van der Waals surface area contributed by atoms with Crippen LogP contribution >= 0.6 is 0 Å². The minimum atomic E-state index is -0.0430. The molecule has 2 heterocycles. The Bertz CT molecular complexity index is 732. The number of anilines is 1. The Labute approximate surface area is 129 Å². The highest BCUT2D eigenvalue weighted by Crippen LogP contribution is 2.42. The van der Waals surface area contributed by atoms with Gasteiger partial charge in [0.1, 0.15) is 0 Å². The molecule has 1 aliphatic carbocycles. The van der Waals surface area contributed by atoms with Crippen molar-refractivity contribution in [3.63, 3.8) is 0 Å². The van der Waals surface area contributed by atoms with E-state index in [2.05, 4.69) is 29.5 Å². The lowest BCUT2D eigenvalue weighted by Gasteiger charge is -2.22. The molecule has 1 saturated carbocycles. The van der Waals surface area contributed by atoms with Gasteiger partial charge in [-0.2, -0.15) is 5.10 Å². The van der Waals surface area contributed by atoms with Gasteiger partial charge in [-0.15, -0.1) is 0 Å². The summed E-state index contributed by atoms with van der Waals surface area (Å²) in [5, 5.41) is 7.56. The van der Waals surface area contributed by atoms with Crippen molar-refractivity contribution in [2.45, 2.75) is 38.3 Å². The number of aryl methyl sites for hydroxylation is 1. The molecule has 1 aromatic carbocycles. The molecule has 1 unspecified atom stereocenters. The van der Waals surface area contributed by atoms with E-state index in [1.54, 1.807) is 4.68 Å². The van der Waals surface area contributed by atoms with Gasteiger partial charge in [0.15, 0.2) is 0 Å². The second-order valence-corrected chi connectivity index (χ2v) is 6.31. The van der Waals surface area contributed by atoms with Crippen LogP contribution in [0.2, 0.25) is 0 Å². The van der Waals surface area contributed by atoms with E-state index in [9.17, 15) is 4.79 Å². The Balaban J connectivity index is 1.54. The van der Waals surface area contributed by atoms with Gasteiger partial charge < -0.3 is 10.2 Å². The summed E-state index contributed by atoms with van der Waals surface area (Å²) in [7, 11) is 1.90. The molecule has 1 atom stereocenters. The number of hydrogen-bond donors (Lipinski definition) is 1. The Kier molecular flexibility index (Phi) is 2.96. The average molecular weight is 296 g/mol. The maximum Gasteiger partial charge on any atom is 0.322 e. The third-order valence-electron chi connectivity index (χ3n) is 4.64. The van der Waals surface area contributed by atoms with Gasteiger partial charge in [-0.1, -0.05) is 24.3 Å². The van der Waals surface area contributed by atoms with Crippen molar-refractivity contribution in [1.82, 2.24) is 14.7 Å². The summed E-state index contributed by atoms with van der Waals surface area (Å²) in [6.07, 6.45) is 4.25. The minimum Gasteiger partial charge on any atom is -0.313 e. The van der Waals surface area contributed by atoms with Gasteiger partial charge >= 0.3 is 6.03 Å². The molecule has 1 aromatic heterocycles. The van der Waals surface area contributed by atoms with E-state index >= 15 is 0 Å². The molecule has 4 rings (SSSR count). The first-order chi connectivity index (χ1) is 10.6. The van der Waals surface area contributed by atoms with Crippen LogP contribution in [-0.4, -0.2) is 20.7 Å². The number of urea groups is 1. The van der Waals surface area contributed by atoms with Gasteiger partial charge in [0.05, 0.1) is 17.4 Å². The summed E-state index contributed by atoms with van der Waals surface area (Å²) < 4.78 is 1.78. The molecule has 0 spiro atoms. The quantitative estimate of drug-likeness (QED) is 0.923.